The fourth-order valence-corrected chi connectivity index (χ4v) is 2.26. The molecule has 0 fully saturated rings. The SMILES string of the molecule is O=C(NCc1cc(-c2ccc3c(c2)OCO3)on1)c1cnccn1. The molecule has 8 nitrogen and oxygen atoms in total. The molecule has 1 amide bonds. The lowest BCUT2D eigenvalue weighted by Gasteiger charge is -2.00. The second-order valence-electron chi connectivity index (χ2n) is 5.02. The summed E-state index contributed by atoms with van der Waals surface area (Å²) in [6.45, 7) is 0.443. The third-order valence-corrected chi connectivity index (χ3v) is 3.44. The van der Waals surface area contributed by atoms with E-state index in [1.54, 1.807) is 6.07 Å². The van der Waals surface area contributed by atoms with Crippen molar-refractivity contribution in [1.29, 1.82) is 0 Å². The van der Waals surface area contributed by atoms with Crippen LogP contribution in [0.2, 0.25) is 0 Å². The number of amides is 1. The molecule has 0 saturated carbocycles. The summed E-state index contributed by atoms with van der Waals surface area (Å²) in [5.74, 6) is 1.63. The normalized spacial score (nSPS) is 12.2. The average molecular weight is 324 g/mol. The molecule has 0 spiro atoms. The zero-order valence-corrected chi connectivity index (χ0v) is 12.4. The Balaban J connectivity index is 1.44. The summed E-state index contributed by atoms with van der Waals surface area (Å²) in [4.78, 5) is 19.7. The Morgan fingerprint density at radius 2 is 2.08 bits per heavy atom. The molecule has 0 radical (unpaired) electrons. The molecular formula is C16H12N4O4. The topological polar surface area (TPSA) is 99.4 Å². The smallest absolute Gasteiger partial charge is 0.271 e. The Hall–Kier alpha value is -3.42. The predicted molar refractivity (Wildman–Crippen MR) is 81.3 cm³/mol. The molecule has 4 rings (SSSR count). The van der Waals surface area contributed by atoms with E-state index in [-0.39, 0.29) is 24.9 Å². The van der Waals surface area contributed by atoms with Crippen molar-refractivity contribution in [3.8, 4) is 22.8 Å². The van der Waals surface area contributed by atoms with Crippen molar-refractivity contribution in [3.63, 3.8) is 0 Å². The van der Waals surface area contributed by atoms with Crippen molar-refractivity contribution in [2.45, 2.75) is 6.54 Å². The van der Waals surface area contributed by atoms with E-state index in [2.05, 4.69) is 20.4 Å². The standard InChI is InChI=1S/C16H12N4O4/c21-16(12-8-17-3-4-18-12)19-7-11-6-14(24-20-11)10-1-2-13-15(5-10)23-9-22-13/h1-6,8H,7,9H2,(H,19,21). The van der Waals surface area contributed by atoms with Crippen LogP contribution in [-0.4, -0.2) is 27.8 Å². The molecule has 0 unspecified atom stereocenters. The minimum absolute atomic E-state index is 0.217. The number of fused-ring (bicyclic) bond motifs is 1. The minimum atomic E-state index is -0.323. The molecule has 1 aromatic carbocycles. The fourth-order valence-electron chi connectivity index (χ4n) is 2.26. The maximum atomic E-state index is 11.9. The minimum Gasteiger partial charge on any atom is -0.454 e. The summed E-state index contributed by atoms with van der Waals surface area (Å²) in [6.07, 6.45) is 4.37. The molecule has 3 heterocycles. The summed E-state index contributed by atoms with van der Waals surface area (Å²) in [6, 6.07) is 7.25. The summed E-state index contributed by atoms with van der Waals surface area (Å²) < 4.78 is 15.9. The first-order valence-corrected chi connectivity index (χ1v) is 7.19. The summed E-state index contributed by atoms with van der Waals surface area (Å²) >= 11 is 0. The van der Waals surface area contributed by atoms with E-state index in [0.29, 0.717) is 23.0 Å². The summed E-state index contributed by atoms with van der Waals surface area (Å²) in [5, 5.41) is 6.67. The Morgan fingerprint density at radius 3 is 2.96 bits per heavy atom. The molecule has 1 aliphatic rings. The number of hydrogen-bond donors (Lipinski definition) is 1. The Labute approximate surface area is 136 Å². The molecule has 120 valence electrons. The monoisotopic (exact) mass is 324 g/mol. The molecule has 24 heavy (non-hydrogen) atoms. The molecule has 0 saturated heterocycles. The predicted octanol–water partition coefficient (Wildman–Crippen LogP) is 1.79. The molecular weight excluding hydrogens is 312 g/mol. The van der Waals surface area contributed by atoms with Gasteiger partial charge in [0.1, 0.15) is 11.4 Å². The average Bonchev–Trinajstić information content (AvgIpc) is 3.29. The third kappa shape index (κ3) is 2.76. The number of nitrogens with zero attached hydrogens (tertiary/aromatic N) is 3. The van der Waals surface area contributed by atoms with Gasteiger partial charge in [0.05, 0.1) is 12.7 Å². The number of aromatic nitrogens is 3. The maximum absolute atomic E-state index is 11.9. The first-order chi connectivity index (χ1) is 11.8. The lowest BCUT2D eigenvalue weighted by atomic mass is 10.1. The first kappa shape index (κ1) is 14.2. The number of carbonyl (C=O) groups is 1. The van der Waals surface area contributed by atoms with Gasteiger partial charge in [-0.2, -0.15) is 0 Å². The van der Waals surface area contributed by atoms with Crippen LogP contribution < -0.4 is 14.8 Å². The van der Waals surface area contributed by atoms with Gasteiger partial charge in [-0.15, -0.1) is 0 Å². The van der Waals surface area contributed by atoms with E-state index in [9.17, 15) is 4.79 Å². The van der Waals surface area contributed by atoms with E-state index in [4.69, 9.17) is 14.0 Å². The van der Waals surface area contributed by atoms with Crippen LogP contribution in [-0.2, 0) is 6.54 Å². The van der Waals surface area contributed by atoms with Gasteiger partial charge >= 0.3 is 0 Å². The fraction of sp³-hybridized carbons (Fsp3) is 0.125. The van der Waals surface area contributed by atoms with Gasteiger partial charge in [0.25, 0.3) is 5.91 Å². The lowest BCUT2D eigenvalue weighted by molar-refractivity contribution is 0.0944. The quantitative estimate of drug-likeness (QED) is 0.781. The zero-order valence-electron chi connectivity index (χ0n) is 12.4. The van der Waals surface area contributed by atoms with Crippen molar-refractivity contribution in [3.05, 3.63) is 54.2 Å². The van der Waals surface area contributed by atoms with E-state index in [1.807, 2.05) is 18.2 Å². The van der Waals surface area contributed by atoms with Crippen molar-refractivity contribution in [1.82, 2.24) is 20.4 Å². The number of rotatable bonds is 4. The zero-order chi connectivity index (χ0) is 16.4. The van der Waals surface area contributed by atoms with Crippen LogP contribution in [0.25, 0.3) is 11.3 Å². The van der Waals surface area contributed by atoms with E-state index in [0.717, 1.165) is 5.56 Å². The van der Waals surface area contributed by atoms with E-state index < -0.39 is 0 Å². The van der Waals surface area contributed by atoms with Crippen LogP contribution in [0.4, 0.5) is 0 Å². The molecule has 0 bridgehead atoms. The maximum Gasteiger partial charge on any atom is 0.271 e. The van der Waals surface area contributed by atoms with Gasteiger partial charge in [-0.25, -0.2) is 4.98 Å². The van der Waals surface area contributed by atoms with Crippen LogP contribution in [0, 0.1) is 0 Å². The molecule has 0 atom stereocenters. The highest BCUT2D eigenvalue weighted by atomic mass is 16.7. The van der Waals surface area contributed by atoms with Crippen LogP contribution >= 0.6 is 0 Å². The van der Waals surface area contributed by atoms with Gasteiger partial charge in [0.2, 0.25) is 6.79 Å². The molecule has 3 aromatic rings. The Morgan fingerprint density at radius 1 is 1.17 bits per heavy atom. The largest absolute Gasteiger partial charge is 0.454 e. The number of nitrogens with one attached hydrogen (secondary N) is 1. The molecule has 8 heteroatoms. The van der Waals surface area contributed by atoms with Gasteiger partial charge < -0.3 is 19.3 Å². The van der Waals surface area contributed by atoms with Gasteiger partial charge in [-0.05, 0) is 18.2 Å². The second kappa shape index (κ2) is 5.99. The Kier molecular flexibility index (Phi) is 3.54. The van der Waals surface area contributed by atoms with Crippen molar-refractivity contribution in [2.75, 3.05) is 6.79 Å². The van der Waals surface area contributed by atoms with Gasteiger partial charge in [0, 0.05) is 24.0 Å². The molecule has 1 N–H and O–H groups in total. The van der Waals surface area contributed by atoms with Gasteiger partial charge in [0.15, 0.2) is 17.3 Å². The highest BCUT2D eigenvalue weighted by Gasteiger charge is 2.16. The van der Waals surface area contributed by atoms with Crippen LogP contribution in [0.5, 0.6) is 11.5 Å². The van der Waals surface area contributed by atoms with Gasteiger partial charge in [-0.3, -0.25) is 9.78 Å². The number of carbonyl (C=O) groups excluding carboxylic acids is 1. The van der Waals surface area contributed by atoms with Gasteiger partial charge in [-0.1, -0.05) is 5.16 Å². The second-order valence-corrected chi connectivity index (χ2v) is 5.02. The number of benzene rings is 1. The summed E-state index contributed by atoms with van der Waals surface area (Å²) in [5.41, 5.74) is 1.66. The lowest BCUT2D eigenvalue weighted by Crippen LogP contribution is -2.23. The highest BCUT2D eigenvalue weighted by molar-refractivity contribution is 5.91. The third-order valence-electron chi connectivity index (χ3n) is 3.44. The molecule has 0 aliphatic carbocycles. The van der Waals surface area contributed by atoms with E-state index in [1.165, 1.54) is 18.6 Å². The Bertz CT molecular complexity index is 879. The van der Waals surface area contributed by atoms with Crippen LogP contribution in [0.3, 0.4) is 0 Å². The van der Waals surface area contributed by atoms with Crippen molar-refractivity contribution in [2.24, 2.45) is 0 Å². The number of hydrogen-bond acceptors (Lipinski definition) is 7. The van der Waals surface area contributed by atoms with Crippen LogP contribution in [0.1, 0.15) is 16.2 Å². The molecule has 2 aromatic heterocycles. The van der Waals surface area contributed by atoms with Crippen molar-refractivity contribution < 1.29 is 18.8 Å². The first-order valence-electron chi connectivity index (χ1n) is 7.19. The van der Waals surface area contributed by atoms with Crippen molar-refractivity contribution >= 4 is 5.91 Å². The highest BCUT2D eigenvalue weighted by Crippen LogP contribution is 2.35. The summed E-state index contributed by atoms with van der Waals surface area (Å²) in [7, 11) is 0. The van der Waals surface area contributed by atoms with E-state index >= 15 is 0 Å². The number of ether oxygens (including phenoxy) is 2. The van der Waals surface area contributed by atoms with Crippen LogP contribution in [0.15, 0.2) is 47.4 Å². The molecule has 1 aliphatic heterocycles.